The molecule has 1 aliphatic rings. The molecule has 2 atom stereocenters. The Morgan fingerprint density at radius 3 is 2.69 bits per heavy atom. The summed E-state index contributed by atoms with van der Waals surface area (Å²) in [6.45, 7) is 3.90. The first-order valence-electron chi connectivity index (χ1n) is 10.8. The fourth-order valence-electron chi connectivity index (χ4n) is 3.91. The van der Waals surface area contributed by atoms with Crippen LogP contribution in [0, 0.1) is 11.6 Å². The van der Waals surface area contributed by atoms with Crippen molar-refractivity contribution in [1.29, 1.82) is 0 Å². The smallest absolute Gasteiger partial charge is 0.243 e. The van der Waals surface area contributed by atoms with Gasteiger partial charge in [-0.05, 0) is 61.7 Å². The molecule has 1 fully saturated rings. The van der Waals surface area contributed by atoms with E-state index in [1.165, 1.54) is 6.07 Å². The Morgan fingerprint density at radius 1 is 1.22 bits per heavy atom. The highest BCUT2D eigenvalue weighted by Crippen LogP contribution is 2.18. The van der Waals surface area contributed by atoms with E-state index >= 15 is 0 Å². The summed E-state index contributed by atoms with van der Waals surface area (Å²) < 4.78 is 27.0. The summed E-state index contributed by atoms with van der Waals surface area (Å²) in [5.41, 5.74) is 6.74. The van der Waals surface area contributed by atoms with E-state index in [9.17, 15) is 18.4 Å². The summed E-state index contributed by atoms with van der Waals surface area (Å²) in [6.07, 6.45) is 4.16. The van der Waals surface area contributed by atoms with Crippen LogP contribution in [0.3, 0.4) is 0 Å². The summed E-state index contributed by atoms with van der Waals surface area (Å²) in [7, 11) is 0. The van der Waals surface area contributed by atoms with Crippen LogP contribution in [0.1, 0.15) is 37.3 Å². The molecule has 0 aliphatic carbocycles. The molecule has 3 rings (SSSR count). The zero-order valence-corrected chi connectivity index (χ0v) is 18.1. The third-order valence-electron chi connectivity index (χ3n) is 5.55. The fourth-order valence-corrected chi connectivity index (χ4v) is 3.91. The van der Waals surface area contributed by atoms with E-state index in [2.05, 4.69) is 27.4 Å². The third kappa shape index (κ3) is 6.23. The Balaban J connectivity index is 1.71. The molecule has 1 aromatic carbocycles. The van der Waals surface area contributed by atoms with Gasteiger partial charge in [-0.15, -0.1) is 0 Å². The average Bonchev–Trinajstić information content (AvgIpc) is 3.24. The number of amides is 2. The summed E-state index contributed by atoms with van der Waals surface area (Å²) in [5, 5.41) is 5.61. The largest absolute Gasteiger partial charge is 0.384 e. The monoisotopic (exact) mass is 445 g/mol. The molecule has 32 heavy (non-hydrogen) atoms. The van der Waals surface area contributed by atoms with Crippen LogP contribution in [0.4, 0.5) is 14.6 Å². The number of carbonyl (C=O) groups excluding carboxylic acids is 2. The highest BCUT2D eigenvalue weighted by molar-refractivity contribution is 5.90. The van der Waals surface area contributed by atoms with Crippen molar-refractivity contribution in [1.82, 2.24) is 20.5 Å². The van der Waals surface area contributed by atoms with Gasteiger partial charge in [0.25, 0.3) is 0 Å². The maximum Gasteiger partial charge on any atom is 0.243 e. The van der Waals surface area contributed by atoms with Gasteiger partial charge in [0.15, 0.2) is 11.6 Å². The van der Waals surface area contributed by atoms with Crippen LogP contribution in [-0.2, 0) is 22.6 Å². The van der Waals surface area contributed by atoms with Crippen LogP contribution >= 0.6 is 0 Å². The molecule has 2 aromatic rings. The maximum absolute atomic E-state index is 13.7. The van der Waals surface area contributed by atoms with Gasteiger partial charge >= 0.3 is 0 Å². The highest BCUT2D eigenvalue weighted by atomic mass is 19.2. The van der Waals surface area contributed by atoms with E-state index in [4.69, 9.17) is 5.73 Å². The summed E-state index contributed by atoms with van der Waals surface area (Å²) >= 11 is 0. The lowest BCUT2D eigenvalue weighted by molar-refractivity contribution is -0.131. The van der Waals surface area contributed by atoms with E-state index in [-0.39, 0.29) is 24.9 Å². The number of nitrogens with one attached hydrogen (secondary N) is 2. The van der Waals surface area contributed by atoms with E-state index in [1.54, 1.807) is 18.3 Å². The first-order valence-corrected chi connectivity index (χ1v) is 10.8. The van der Waals surface area contributed by atoms with Gasteiger partial charge < -0.3 is 16.4 Å². The Labute approximate surface area is 186 Å². The Morgan fingerprint density at radius 2 is 2.00 bits per heavy atom. The molecule has 9 heteroatoms. The third-order valence-corrected chi connectivity index (χ3v) is 5.55. The van der Waals surface area contributed by atoms with Crippen LogP contribution < -0.4 is 16.4 Å². The Bertz CT molecular complexity index is 938. The molecule has 0 spiro atoms. The van der Waals surface area contributed by atoms with Crippen LogP contribution in [0.25, 0.3) is 0 Å². The number of aromatic nitrogens is 1. The molecule has 172 valence electrons. The van der Waals surface area contributed by atoms with Gasteiger partial charge in [-0.25, -0.2) is 13.8 Å². The number of pyridine rings is 1. The van der Waals surface area contributed by atoms with Gasteiger partial charge in [-0.1, -0.05) is 19.1 Å². The first kappa shape index (κ1) is 23.6. The van der Waals surface area contributed by atoms with Crippen molar-refractivity contribution in [3.8, 4) is 0 Å². The maximum atomic E-state index is 13.7. The molecule has 1 saturated heterocycles. The van der Waals surface area contributed by atoms with Gasteiger partial charge in [0.1, 0.15) is 11.9 Å². The van der Waals surface area contributed by atoms with Crippen LogP contribution in [0.15, 0.2) is 36.5 Å². The van der Waals surface area contributed by atoms with Crippen molar-refractivity contribution in [2.75, 3.05) is 18.8 Å². The lowest BCUT2D eigenvalue weighted by atomic mass is 10.0. The van der Waals surface area contributed by atoms with Crippen LogP contribution in [0.5, 0.6) is 0 Å². The molecular weight excluding hydrogens is 416 g/mol. The zero-order valence-electron chi connectivity index (χ0n) is 18.1. The number of likely N-dealkylation sites (tertiary alicyclic amines) is 1. The molecule has 1 aliphatic heterocycles. The number of nitrogens with zero attached hydrogens (tertiary/aromatic N) is 2. The van der Waals surface area contributed by atoms with Gasteiger partial charge in [0.2, 0.25) is 11.8 Å². The Kier molecular flexibility index (Phi) is 8.10. The van der Waals surface area contributed by atoms with E-state index in [0.29, 0.717) is 11.4 Å². The summed E-state index contributed by atoms with van der Waals surface area (Å²) in [6, 6.07) is 5.62. The second-order valence-corrected chi connectivity index (χ2v) is 8.02. The molecule has 2 heterocycles. The molecule has 0 bridgehead atoms. The number of halogens is 2. The molecule has 7 nitrogen and oxygen atoms in total. The molecule has 1 aromatic heterocycles. The van der Waals surface area contributed by atoms with Crippen LogP contribution in [-0.4, -0.2) is 46.9 Å². The minimum atomic E-state index is -0.995. The number of rotatable bonds is 9. The van der Waals surface area contributed by atoms with E-state index in [1.807, 2.05) is 0 Å². The molecule has 4 N–H and O–H groups in total. The molecule has 0 radical (unpaired) electrons. The minimum Gasteiger partial charge on any atom is -0.384 e. The minimum absolute atomic E-state index is 0.0370. The number of anilines is 1. The predicted molar refractivity (Wildman–Crippen MR) is 117 cm³/mol. The fraction of sp³-hybridized carbons (Fsp3) is 0.435. The molecule has 0 saturated carbocycles. The van der Waals surface area contributed by atoms with Crippen molar-refractivity contribution >= 4 is 17.6 Å². The predicted octanol–water partition coefficient (Wildman–Crippen LogP) is 2.16. The number of hydrogen-bond donors (Lipinski definition) is 3. The van der Waals surface area contributed by atoms with Crippen molar-refractivity contribution in [3.63, 3.8) is 0 Å². The lowest BCUT2D eigenvalue weighted by Crippen LogP contribution is -2.53. The zero-order chi connectivity index (χ0) is 23.1. The second kappa shape index (κ2) is 11.0. The van der Waals surface area contributed by atoms with Gasteiger partial charge in [-0.3, -0.25) is 14.5 Å². The number of nitrogen functional groups attached to an aromatic ring is 1. The van der Waals surface area contributed by atoms with Gasteiger partial charge in [0.05, 0.1) is 6.04 Å². The van der Waals surface area contributed by atoms with Crippen LogP contribution in [0.2, 0.25) is 0 Å². The van der Waals surface area contributed by atoms with Crippen molar-refractivity contribution in [2.45, 2.75) is 51.2 Å². The summed E-state index contributed by atoms with van der Waals surface area (Å²) in [4.78, 5) is 32.0. The molecule has 0 unspecified atom stereocenters. The Hall–Kier alpha value is -3.07. The standard InChI is InChI=1S/C23H29F2N5O2/c1-2-9-30-10-3-4-20(30)23(32)29-19(12-15-5-7-17(24)18(25)11-15)22(31)28-14-16-6-8-21(26)27-13-16/h5-8,11,13,19-20H,2-4,9-10,12,14H2,1H3,(H2,26,27)(H,28,31)(H,29,32)/t19-,20+/m0/s1. The first-order chi connectivity index (χ1) is 15.4. The SMILES string of the molecule is CCCN1CCC[C@@H]1C(=O)N[C@@H](Cc1ccc(F)c(F)c1)C(=O)NCc1ccc(N)nc1. The van der Waals surface area contributed by atoms with Crippen molar-refractivity contribution in [2.24, 2.45) is 0 Å². The summed E-state index contributed by atoms with van der Waals surface area (Å²) in [5.74, 6) is -2.23. The normalized spacial score (nSPS) is 17.2. The lowest BCUT2D eigenvalue weighted by Gasteiger charge is -2.26. The quantitative estimate of drug-likeness (QED) is 0.549. The average molecular weight is 446 g/mol. The van der Waals surface area contributed by atoms with Crippen molar-refractivity contribution < 1.29 is 18.4 Å². The topological polar surface area (TPSA) is 100 Å². The molecule has 2 amide bonds. The number of carbonyl (C=O) groups is 2. The van der Waals surface area contributed by atoms with E-state index < -0.39 is 23.6 Å². The highest BCUT2D eigenvalue weighted by Gasteiger charge is 2.32. The second-order valence-electron chi connectivity index (χ2n) is 8.02. The number of nitrogens with two attached hydrogens (primary N) is 1. The number of benzene rings is 1. The molecular formula is C23H29F2N5O2. The van der Waals surface area contributed by atoms with Crippen molar-refractivity contribution in [3.05, 3.63) is 59.3 Å². The van der Waals surface area contributed by atoms with Gasteiger partial charge in [-0.2, -0.15) is 0 Å². The number of hydrogen-bond acceptors (Lipinski definition) is 5. The van der Waals surface area contributed by atoms with E-state index in [0.717, 1.165) is 50.0 Å². The van der Waals surface area contributed by atoms with Gasteiger partial charge in [0, 0.05) is 19.2 Å².